The van der Waals surface area contributed by atoms with Crippen molar-refractivity contribution in [3.05, 3.63) is 107 Å². The molecule has 0 bridgehead atoms. The van der Waals surface area contributed by atoms with Crippen LogP contribution in [-0.2, 0) is 6.54 Å². The quantitative estimate of drug-likeness (QED) is 0.287. The number of nitrogens with one attached hydrogen (secondary N) is 1. The first-order valence-electron chi connectivity index (χ1n) is 10.2. The number of hydrogen-bond acceptors (Lipinski definition) is 2. The number of halogens is 2. The number of nitrogens with two attached hydrogens (primary N) is 1. The van der Waals surface area contributed by atoms with Gasteiger partial charge in [-0.1, -0.05) is 66.2 Å². The number of rotatable bonds is 5. The molecule has 4 aromatic rings. The Morgan fingerprint density at radius 3 is 1.68 bits per heavy atom. The van der Waals surface area contributed by atoms with Crippen LogP contribution >= 0.6 is 0 Å². The smallest absolute Gasteiger partial charge is 0.131 e. The van der Waals surface area contributed by atoms with Crippen LogP contribution in [0.4, 0.5) is 8.78 Å². The highest BCUT2D eigenvalue weighted by molar-refractivity contribution is 5.74. The maximum Gasteiger partial charge on any atom is 0.131 e. The largest absolute Gasteiger partial charge is 0.271 e. The Morgan fingerprint density at radius 2 is 1.13 bits per heavy atom. The van der Waals surface area contributed by atoms with E-state index in [9.17, 15) is 8.78 Å². The highest BCUT2D eigenvalue weighted by Gasteiger charge is 2.13. The van der Waals surface area contributed by atoms with E-state index in [4.69, 9.17) is 5.84 Å². The van der Waals surface area contributed by atoms with Crippen molar-refractivity contribution in [3.63, 3.8) is 0 Å². The van der Waals surface area contributed by atoms with Gasteiger partial charge >= 0.3 is 0 Å². The highest BCUT2D eigenvalue weighted by atomic mass is 19.1. The van der Waals surface area contributed by atoms with Crippen LogP contribution in [0.2, 0.25) is 0 Å². The molecule has 0 aliphatic heterocycles. The van der Waals surface area contributed by atoms with Gasteiger partial charge in [0.2, 0.25) is 0 Å². The molecule has 0 atom stereocenters. The molecule has 0 unspecified atom stereocenters. The van der Waals surface area contributed by atoms with E-state index in [2.05, 4.69) is 5.43 Å². The van der Waals surface area contributed by atoms with Crippen molar-refractivity contribution in [1.29, 1.82) is 0 Å². The topological polar surface area (TPSA) is 38.0 Å². The SMILES string of the molecule is Cc1ccc(-c2ccc(-c3ccc(-c4ccc(C)c(CNN)c4)cc3F)c(F)c2)cc1. The summed E-state index contributed by atoms with van der Waals surface area (Å²) >= 11 is 0. The van der Waals surface area contributed by atoms with Crippen LogP contribution in [0.5, 0.6) is 0 Å². The van der Waals surface area contributed by atoms with Crippen LogP contribution in [0.25, 0.3) is 33.4 Å². The lowest BCUT2D eigenvalue weighted by molar-refractivity contribution is 0.617. The minimum Gasteiger partial charge on any atom is -0.271 e. The van der Waals surface area contributed by atoms with Gasteiger partial charge in [0.1, 0.15) is 11.6 Å². The lowest BCUT2D eigenvalue weighted by Gasteiger charge is -2.12. The monoisotopic (exact) mass is 414 g/mol. The molecule has 31 heavy (non-hydrogen) atoms. The van der Waals surface area contributed by atoms with E-state index < -0.39 is 11.6 Å². The first kappa shape index (κ1) is 20.9. The summed E-state index contributed by atoms with van der Waals surface area (Å²) in [6.07, 6.45) is 0. The van der Waals surface area contributed by atoms with E-state index in [0.717, 1.165) is 38.9 Å². The molecule has 4 aromatic carbocycles. The molecular weight excluding hydrogens is 390 g/mol. The number of aryl methyl sites for hydroxylation is 2. The summed E-state index contributed by atoms with van der Waals surface area (Å²) in [7, 11) is 0. The van der Waals surface area contributed by atoms with Gasteiger partial charge in [0.25, 0.3) is 0 Å². The van der Waals surface area contributed by atoms with E-state index in [1.807, 2.05) is 68.4 Å². The Labute approximate surface area is 181 Å². The van der Waals surface area contributed by atoms with Crippen LogP contribution < -0.4 is 11.3 Å². The minimum atomic E-state index is -0.460. The lowest BCUT2D eigenvalue weighted by atomic mass is 9.95. The van der Waals surface area contributed by atoms with Crippen LogP contribution in [0.1, 0.15) is 16.7 Å². The van der Waals surface area contributed by atoms with E-state index in [1.54, 1.807) is 12.1 Å². The third-order valence-electron chi connectivity index (χ3n) is 5.59. The molecule has 4 heteroatoms. The van der Waals surface area contributed by atoms with Crippen molar-refractivity contribution in [1.82, 2.24) is 5.43 Å². The van der Waals surface area contributed by atoms with Gasteiger partial charge in [-0.05, 0) is 65.4 Å². The molecule has 0 spiro atoms. The summed E-state index contributed by atoms with van der Waals surface area (Å²) < 4.78 is 29.9. The molecule has 0 aliphatic carbocycles. The standard InChI is InChI=1S/C27H24F2N2/c1-17-3-6-19(7-4-17)21-9-11-24(26(28)14-21)25-12-10-22(15-27(25)29)20-8-5-18(2)23(13-20)16-31-30/h3-15,31H,16,30H2,1-2H3. The molecule has 2 nitrogen and oxygen atoms in total. The number of benzene rings is 4. The van der Waals surface area contributed by atoms with Crippen LogP contribution in [-0.4, -0.2) is 0 Å². The molecule has 0 radical (unpaired) electrons. The fourth-order valence-corrected chi connectivity index (χ4v) is 3.72. The van der Waals surface area contributed by atoms with Gasteiger partial charge in [-0.3, -0.25) is 11.3 Å². The second kappa shape index (κ2) is 8.80. The van der Waals surface area contributed by atoms with E-state index >= 15 is 0 Å². The van der Waals surface area contributed by atoms with E-state index in [0.29, 0.717) is 6.54 Å². The molecule has 4 rings (SSSR count). The Bertz CT molecular complexity index is 1230. The summed E-state index contributed by atoms with van der Waals surface area (Å²) in [6.45, 7) is 4.54. The maximum atomic E-state index is 15.0. The fourth-order valence-electron chi connectivity index (χ4n) is 3.72. The van der Waals surface area contributed by atoms with Gasteiger partial charge in [0.15, 0.2) is 0 Å². The van der Waals surface area contributed by atoms with Crippen molar-refractivity contribution in [3.8, 4) is 33.4 Å². The molecule has 0 aliphatic rings. The van der Waals surface area contributed by atoms with E-state index in [1.165, 1.54) is 12.1 Å². The molecule has 0 saturated carbocycles. The number of hydrogen-bond donors (Lipinski definition) is 2. The van der Waals surface area contributed by atoms with Crippen LogP contribution in [0, 0.1) is 25.5 Å². The molecular formula is C27H24F2N2. The van der Waals surface area contributed by atoms with Gasteiger partial charge in [0.05, 0.1) is 0 Å². The zero-order valence-electron chi connectivity index (χ0n) is 17.5. The molecule has 0 amide bonds. The summed E-state index contributed by atoms with van der Waals surface area (Å²) in [5, 5.41) is 0. The normalized spacial score (nSPS) is 11.0. The van der Waals surface area contributed by atoms with Gasteiger partial charge in [-0.25, -0.2) is 8.78 Å². The average molecular weight is 414 g/mol. The second-order valence-electron chi connectivity index (χ2n) is 7.78. The van der Waals surface area contributed by atoms with Crippen LogP contribution in [0.3, 0.4) is 0 Å². The molecule has 3 N–H and O–H groups in total. The maximum absolute atomic E-state index is 15.0. The second-order valence-corrected chi connectivity index (χ2v) is 7.78. The van der Waals surface area contributed by atoms with Crippen molar-refractivity contribution in [2.24, 2.45) is 5.84 Å². The van der Waals surface area contributed by atoms with Gasteiger partial charge < -0.3 is 0 Å². The molecule has 0 aromatic heterocycles. The molecule has 156 valence electrons. The number of hydrazine groups is 1. The van der Waals surface area contributed by atoms with E-state index in [-0.39, 0.29) is 11.1 Å². The molecule has 0 saturated heterocycles. The molecule has 0 fully saturated rings. The Hall–Kier alpha value is -3.34. The van der Waals surface area contributed by atoms with Gasteiger partial charge in [-0.2, -0.15) is 0 Å². The Morgan fingerprint density at radius 1 is 0.645 bits per heavy atom. The third-order valence-corrected chi connectivity index (χ3v) is 5.59. The summed E-state index contributed by atoms with van der Waals surface area (Å²) in [6, 6.07) is 23.6. The minimum absolute atomic E-state index is 0.243. The Balaban J connectivity index is 1.67. The zero-order valence-corrected chi connectivity index (χ0v) is 17.5. The van der Waals surface area contributed by atoms with Crippen molar-refractivity contribution in [2.45, 2.75) is 20.4 Å². The zero-order chi connectivity index (χ0) is 22.0. The molecule has 0 heterocycles. The first-order chi connectivity index (χ1) is 15.0. The third kappa shape index (κ3) is 4.41. The van der Waals surface area contributed by atoms with Gasteiger partial charge in [0, 0.05) is 17.7 Å². The summed E-state index contributed by atoms with van der Waals surface area (Å²) in [5.74, 6) is 4.54. The lowest BCUT2D eigenvalue weighted by Crippen LogP contribution is -2.21. The highest BCUT2D eigenvalue weighted by Crippen LogP contribution is 2.32. The summed E-state index contributed by atoms with van der Waals surface area (Å²) in [4.78, 5) is 0. The average Bonchev–Trinajstić information content (AvgIpc) is 2.76. The summed E-state index contributed by atoms with van der Waals surface area (Å²) in [5.41, 5.74) is 9.74. The fraction of sp³-hybridized carbons (Fsp3) is 0.111. The van der Waals surface area contributed by atoms with Crippen molar-refractivity contribution in [2.75, 3.05) is 0 Å². The predicted octanol–water partition coefficient (Wildman–Crippen LogP) is 6.55. The first-order valence-corrected chi connectivity index (χ1v) is 10.2. The van der Waals surface area contributed by atoms with Gasteiger partial charge in [-0.15, -0.1) is 0 Å². The van der Waals surface area contributed by atoms with Crippen molar-refractivity contribution < 1.29 is 8.78 Å². The van der Waals surface area contributed by atoms with Crippen LogP contribution in [0.15, 0.2) is 78.9 Å². The predicted molar refractivity (Wildman–Crippen MR) is 123 cm³/mol. The Kier molecular flexibility index (Phi) is 5.94. The van der Waals surface area contributed by atoms with Crippen molar-refractivity contribution >= 4 is 0 Å².